The Balaban J connectivity index is 2.02. The lowest BCUT2D eigenvalue weighted by atomic mass is 10.1. The van der Waals surface area contributed by atoms with Crippen molar-refractivity contribution < 1.29 is 0 Å². The zero-order valence-corrected chi connectivity index (χ0v) is 10.2. The van der Waals surface area contributed by atoms with Crippen molar-refractivity contribution in [2.24, 2.45) is 0 Å². The van der Waals surface area contributed by atoms with Gasteiger partial charge in [0.15, 0.2) is 0 Å². The molecule has 1 unspecified atom stereocenters. The summed E-state index contributed by atoms with van der Waals surface area (Å²) < 4.78 is 0.982. The molecule has 3 nitrogen and oxygen atoms in total. The lowest BCUT2D eigenvalue weighted by Crippen LogP contribution is -2.28. The second-order valence-corrected chi connectivity index (χ2v) is 5.04. The summed E-state index contributed by atoms with van der Waals surface area (Å²) in [5.41, 5.74) is 0. The number of aromatic amines is 1. The largest absolute Gasteiger partial charge is 0.336 e. The van der Waals surface area contributed by atoms with Gasteiger partial charge in [0.25, 0.3) is 0 Å². The Morgan fingerprint density at radius 3 is 2.93 bits per heavy atom. The van der Waals surface area contributed by atoms with Gasteiger partial charge in [-0.2, -0.15) is 0 Å². The third-order valence-corrected chi connectivity index (χ3v) is 3.30. The highest BCUT2D eigenvalue weighted by Gasteiger charge is 2.26. The molecule has 0 amide bonds. The third kappa shape index (κ3) is 2.01. The summed E-state index contributed by atoms with van der Waals surface area (Å²) >= 11 is 3.39. The fourth-order valence-electron chi connectivity index (χ4n) is 2.00. The van der Waals surface area contributed by atoms with E-state index in [-0.39, 0.29) is 0 Å². The second kappa shape index (κ2) is 4.03. The van der Waals surface area contributed by atoms with Crippen LogP contribution in [-0.2, 0) is 0 Å². The van der Waals surface area contributed by atoms with E-state index >= 15 is 0 Å². The highest BCUT2D eigenvalue weighted by atomic mass is 79.9. The molecule has 0 bridgehead atoms. The van der Waals surface area contributed by atoms with Crippen molar-refractivity contribution in [3.63, 3.8) is 0 Å². The van der Waals surface area contributed by atoms with E-state index < -0.39 is 0 Å². The van der Waals surface area contributed by atoms with Crippen LogP contribution in [0.2, 0.25) is 0 Å². The quantitative estimate of drug-likeness (QED) is 0.883. The van der Waals surface area contributed by atoms with E-state index in [2.05, 4.69) is 44.6 Å². The fraction of sp³-hybridized carbons (Fsp3) is 0.700. The molecule has 0 radical (unpaired) electrons. The topological polar surface area (TPSA) is 31.9 Å². The Kier molecular flexibility index (Phi) is 2.93. The van der Waals surface area contributed by atoms with Crippen molar-refractivity contribution >= 4 is 15.9 Å². The zero-order chi connectivity index (χ0) is 10.1. The summed E-state index contributed by atoms with van der Waals surface area (Å²) in [6.07, 6.45) is 3.06. The molecule has 0 spiro atoms. The molecule has 2 heterocycles. The van der Waals surface area contributed by atoms with Crippen LogP contribution in [0, 0.1) is 0 Å². The molecular formula is C10H16BrN3. The van der Waals surface area contributed by atoms with Gasteiger partial charge >= 0.3 is 0 Å². The number of aromatic nitrogens is 2. The van der Waals surface area contributed by atoms with Crippen LogP contribution in [0.4, 0.5) is 0 Å². The van der Waals surface area contributed by atoms with Crippen molar-refractivity contribution in [1.29, 1.82) is 0 Å². The fourth-order valence-corrected chi connectivity index (χ4v) is 2.31. The Morgan fingerprint density at radius 1 is 1.64 bits per heavy atom. The third-order valence-electron chi connectivity index (χ3n) is 2.90. The average molecular weight is 258 g/mol. The van der Waals surface area contributed by atoms with E-state index in [0.717, 1.165) is 17.0 Å². The number of halogens is 1. The standard InChI is InChI=1S/C10H16BrN3/c1-7(2)14-4-3-8(6-14)10-12-5-9(11)13-10/h5,7-8H,3-4,6H2,1-2H3,(H,12,13). The van der Waals surface area contributed by atoms with Crippen molar-refractivity contribution in [1.82, 2.24) is 14.9 Å². The van der Waals surface area contributed by atoms with Gasteiger partial charge < -0.3 is 9.88 Å². The number of nitrogens with zero attached hydrogens (tertiary/aromatic N) is 2. The predicted octanol–water partition coefficient (Wildman–Crippen LogP) is 2.37. The van der Waals surface area contributed by atoms with Crippen molar-refractivity contribution in [2.75, 3.05) is 13.1 Å². The molecule has 14 heavy (non-hydrogen) atoms. The molecule has 4 heteroatoms. The lowest BCUT2D eigenvalue weighted by molar-refractivity contribution is 0.272. The average Bonchev–Trinajstić information content (AvgIpc) is 2.70. The van der Waals surface area contributed by atoms with E-state index in [1.165, 1.54) is 13.0 Å². The van der Waals surface area contributed by atoms with Gasteiger partial charge in [0.1, 0.15) is 10.4 Å². The van der Waals surface area contributed by atoms with Gasteiger partial charge in [-0.05, 0) is 42.7 Å². The van der Waals surface area contributed by atoms with E-state index in [4.69, 9.17) is 0 Å². The maximum atomic E-state index is 4.36. The van der Waals surface area contributed by atoms with Crippen LogP contribution in [-0.4, -0.2) is 34.0 Å². The molecule has 2 rings (SSSR count). The van der Waals surface area contributed by atoms with Crippen LogP contribution < -0.4 is 0 Å². The molecule has 1 atom stereocenters. The van der Waals surface area contributed by atoms with Gasteiger partial charge in [-0.1, -0.05) is 0 Å². The van der Waals surface area contributed by atoms with Crippen LogP contribution in [0.3, 0.4) is 0 Å². The van der Waals surface area contributed by atoms with Gasteiger partial charge in [-0.15, -0.1) is 0 Å². The lowest BCUT2D eigenvalue weighted by Gasteiger charge is -2.19. The van der Waals surface area contributed by atoms with Gasteiger partial charge in [-0.3, -0.25) is 0 Å². The first-order valence-electron chi connectivity index (χ1n) is 5.11. The Hall–Kier alpha value is -0.350. The summed E-state index contributed by atoms with van der Waals surface area (Å²) in [7, 11) is 0. The zero-order valence-electron chi connectivity index (χ0n) is 8.63. The SMILES string of the molecule is CC(C)N1CCC(c2ncc(Br)[nH]2)C1. The minimum absolute atomic E-state index is 0.587. The van der Waals surface area contributed by atoms with Crippen LogP contribution in [0.1, 0.15) is 32.0 Å². The van der Waals surface area contributed by atoms with E-state index in [1.807, 2.05) is 6.20 Å². The smallest absolute Gasteiger partial charge is 0.111 e. The summed E-state index contributed by atoms with van der Waals surface area (Å²) in [6, 6.07) is 0.651. The van der Waals surface area contributed by atoms with Crippen molar-refractivity contribution in [2.45, 2.75) is 32.2 Å². The molecule has 0 aromatic carbocycles. The van der Waals surface area contributed by atoms with Crippen LogP contribution in [0.5, 0.6) is 0 Å². The highest BCUT2D eigenvalue weighted by Crippen LogP contribution is 2.26. The van der Waals surface area contributed by atoms with Crippen LogP contribution in [0.15, 0.2) is 10.8 Å². The predicted molar refractivity (Wildman–Crippen MR) is 60.4 cm³/mol. The molecule has 1 aromatic heterocycles. The Labute approximate surface area is 93.0 Å². The van der Waals surface area contributed by atoms with Crippen molar-refractivity contribution in [3.05, 3.63) is 16.6 Å². The minimum atomic E-state index is 0.587. The maximum Gasteiger partial charge on any atom is 0.111 e. The molecule has 0 saturated carbocycles. The molecule has 78 valence electrons. The van der Waals surface area contributed by atoms with Crippen LogP contribution >= 0.6 is 15.9 Å². The van der Waals surface area contributed by atoms with E-state index in [1.54, 1.807) is 0 Å². The Bertz CT molecular complexity index is 308. The monoisotopic (exact) mass is 257 g/mol. The number of hydrogen-bond donors (Lipinski definition) is 1. The van der Waals surface area contributed by atoms with Gasteiger partial charge in [0.05, 0.1) is 6.20 Å². The van der Waals surface area contributed by atoms with Crippen LogP contribution in [0.25, 0.3) is 0 Å². The molecule has 1 aliphatic rings. The van der Waals surface area contributed by atoms with E-state index in [9.17, 15) is 0 Å². The molecular weight excluding hydrogens is 242 g/mol. The molecule has 1 saturated heterocycles. The summed E-state index contributed by atoms with van der Waals surface area (Å²) in [6.45, 7) is 6.83. The number of likely N-dealkylation sites (tertiary alicyclic amines) is 1. The second-order valence-electron chi connectivity index (χ2n) is 4.19. The molecule has 1 fully saturated rings. The van der Waals surface area contributed by atoms with E-state index in [0.29, 0.717) is 12.0 Å². The highest BCUT2D eigenvalue weighted by molar-refractivity contribution is 9.10. The van der Waals surface area contributed by atoms with Gasteiger partial charge in [-0.25, -0.2) is 4.98 Å². The molecule has 1 aliphatic heterocycles. The molecule has 0 aliphatic carbocycles. The molecule has 1 aromatic rings. The Morgan fingerprint density at radius 2 is 2.43 bits per heavy atom. The molecule has 1 N–H and O–H groups in total. The normalized spacial score (nSPS) is 23.6. The number of nitrogens with one attached hydrogen (secondary N) is 1. The number of rotatable bonds is 2. The maximum absolute atomic E-state index is 4.36. The van der Waals surface area contributed by atoms with Crippen molar-refractivity contribution in [3.8, 4) is 0 Å². The first kappa shape index (κ1) is 10.2. The minimum Gasteiger partial charge on any atom is -0.336 e. The summed E-state index contributed by atoms with van der Waals surface area (Å²) in [5, 5.41) is 0. The van der Waals surface area contributed by atoms with Gasteiger partial charge in [0.2, 0.25) is 0 Å². The summed E-state index contributed by atoms with van der Waals surface area (Å²) in [4.78, 5) is 10.1. The number of hydrogen-bond acceptors (Lipinski definition) is 2. The number of H-pyrrole nitrogens is 1. The first-order valence-corrected chi connectivity index (χ1v) is 5.90. The first-order chi connectivity index (χ1) is 6.66. The van der Waals surface area contributed by atoms with Gasteiger partial charge in [0, 0.05) is 18.5 Å². The summed E-state index contributed by atoms with van der Waals surface area (Å²) in [5.74, 6) is 1.71. The number of imidazole rings is 1.